The number of amides is 1. The van der Waals surface area contributed by atoms with Crippen LogP contribution in [0.15, 0.2) is 48.8 Å². The largest absolute Gasteiger partial charge is 0.330 e. The zero-order chi connectivity index (χ0) is 16.7. The Morgan fingerprint density at radius 1 is 1.29 bits per heavy atom. The van der Waals surface area contributed by atoms with Gasteiger partial charge in [0.2, 0.25) is 0 Å². The van der Waals surface area contributed by atoms with Crippen molar-refractivity contribution in [2.24, 2.45) is 0 Å². The molecule has 3 aromatic rings. The maximum Gasteiger partial charge on any atom is 0.274 e. The summed E-state index contributed by atoms with van der Waals surface area (Å²) in [4.78, 5) is 19.2. The maximum absolute atomic E-state index is 13.1. The van der Waals surface area contributed by atoms with E-state index in [0.29, 0.717) is 12.2 Å². The van der Waals surface area contributed by atoms with Crippen molar-refractivity contribution in [1.29, 1.82) is 0 Å². The van der Waals surface area contributed by atoms with E-state index in [1.807, 2.05) is 34.6 Å². The van der Waals surface area contributed by atoms with E-state index in [4.69, 9.17) is 0 Å². The monoisotopic (exact) mass is 323 g/mol. The number of nitrogens with zero attached hydrogens (tertiary/aromatic N) is 3. The van der Waals surface area contributed by atoms with Crippen LogP contribution in [0.5, 0.6) is 0 Å². The summed E-state index contributed by atoms with van der Waals surface area (Å²) in [7, 11) is 0. The van der Waals surface area contributed by atoms with Gasteiger partial charge in [0.25, 0.3) is 5.91 Å². The van der Waals surface area contributed by atoms with Gasteiger partial charge in [-0.1, -0.05) is 12.1 Å². The number of pyridine rings is 1. The standard InChI is InChI=1S/C19H18FN3O/c1-13-8-9-22-12-17(21-18(22)10-13)19(24)23(16-6-7-16)11-14-2-4-15(20)5-3-14/h2-5,8-10,12,16H,6-7,11H2,1H3. The Labute approximate surface area is 139 Å². The molecular weight excluding hydrogens is 305 g/mol. The van der Waals surface area contributed by atoms with Crippen LogP contribution in [0.4, 0.5) is 4.39 Å². The predicted octanol–water partition coefficient (Wildman–Crippen LogP) is 3.59. The molecule has 4 nitrogen and oxygen atoms in total. The number of fused-ring (bicyclic) bond motifs is 1. The Morgan fingerprint density at radius 2 is 2.04 bits per heavy atom. The summed E-state index contributed by atoms with van der Waals surface area (Å²) in [5.41, 5.74) is 3.26. The molecule has 1 fully saturated rings. The van der Waals surface area contributed by atoms with E-state index in [2.05, 4.69) is 4.98 Å². The van der Waals surface area contributed by atoms with E-state index in [1.165, 1.54) is 12.1 Å². The van der Waals surface area contributed by atoms with Gasteiger partial charge in [-0.3, -0.25) is 4.79 Å². The summed E-state index contributed by atoms with van der Waals surface area (Å²) >= 11 is 0. The van der Waals surface area contributed by atoms with Crippen molar-refractivity contribution in [3.05, 3.63) is 71.4 Å². The SMILES string of the molecule is Cc1ccn2cc(C(=O)N(Cc3ccc(F)cc3)C3CC3)nc2c1. The summed E-state index contributed by atoms with van der Waals surface area (Å²) in [6.07, 6.45) is 5.71. The number of benzene rings is 1. The van der Waals surface area contributed by atoms with Gasteiger partial charge in [0.15, 0.2) is 0 Å². The molecule has 0 atom stereocenters. The van der Waals surface area contributed by atoms with Crippen LogP contribution in [0.3, 0.4) is 0 Å². The van der Waals surface area contributed by atoms with E-state index in [9.17, 15) is 9.18 Å². The van der Waals surface area contributed by atoms with Crippen LogP contribution in [0.25, 0.3) is 5.65 Å². The van der Waals surface area contributed by atoms with Crippen LogP contribution in [0, 0.1) is 12.7 Å². The highest BCUT2D eigenvalue weighted by Gasteiger charge is 2.34. The molecule has 1 amide bonds. The van der Waals surface area contributed by atoms with Crippen LogP contribution in [0.1, 0.15) is 34.5 Å². The number of carbonyl (C=O) groups is 1. The topological polar surface area (TPSA) is 37.6 Å². The molecule has 122 valence electrons. The smallest absolute Gasteiger partial charge is 0.274 e. The second kappa shape index (κ2) is 5.74. The molecule has 1 aliphatic carbocycles. The van der Waals surface area contributed by atoms with E-state index in [-0.39, 0.29) is 17.8 Å². The minimum atomic E-state index is -0.265. The number of hydrogen-bond donors (Lipinski definition) is 0. The van der Waals surface area contributed by atoms with E-state index >= 15 is 0 Å². The summed E-state index contributed by atoms with van der Waals surface area (Å²) in [6, 6.07) is 10.5. The molecule has 24 heavy (non-hydrogen) atoms. The van der Waals surface area contributed by atoms with Crippen LogP contribution in [-0.2, 0) is 6.54 Å². The zero-order valence-corrected chi connectivity index (χ0v) is 13.4. The lowest BCUT2D eigenvalue weighted by atomic mass is 10.2. The van der Waals surface area contributed by atoms with E-state index < -0.39 is 0 Å². The first-order valence-corrected chi connectivity index (χ1v) is 8.11. The van der Waals surface area contributed by atoms with Gasteiger partial charge < -0.3 is 9.30 Å². The number of rotatable bonds is 4. The van der Waals surface area contributed by atoms with Crippen molar-refractivity contribution < 1.29 is 9.18 Å². The molecule has 4 rings (SSSR count). The number of imidazole rings is 1. The van der Waals surface area contributed by atoms with Crippen molar-refractivity contribution in [2.75, 3.05) is 0 Å². The molecule has 0 bridgehead atoms. The van der Waals surface area contributed by atoms with Gasteiger partial charge in [-0.2, -0.15) is 0 Å². The first-order chi connectivity index (χ1) is 11.6. The third-order valence-electron chi connectivity index (χ3n) is 4.35. The number of hydrogen-bond acceptors (Lipinski definition) is 2. The first-order valence-electron chi connectivity index (χ1n) is 8.11. The lowest BCUT2D eigenvalue weighted by molar-refractivity contribution is 0.0724. The average Bonchev–Trinajstić information content (AvgIpc) is 3.32. The summed E-state index contributed by atoms with van der Waals surface area (Å²) in [5, 5.41) is 0. The summed E-state index contributed by atoms with van der Waals surface area (Å²) in [5.74, 6) is -0.332. The van der Waals surface area contributed by atoms with E-state index in [0.717, 1.165) is 29.6 Å². The van der Waals surface area contributed by atoms with Crippen molar-refractivity contribution >= 4 is 11.6 Å². The molecule has 0 N–H and O–H groups in total. The molecule has 1 aliphatic rings. The second-order valence-electron chi connectivity index (χ2n) is 6.39. The fraction of sp³-hybridized carbons (Fsp3) is 0.263. The first kappa shape index (κ1) is 14.9. The van der Waals surface area contributed by atoms with Gasteiger partial charge in [-0.15, -0.1) is 0 Å². The Kier molecular flexibility index (Phi) is 3.56. The lowest BCUT2D eigenvalue weighted by Gasteiger charge is -2.21. The van der Waals surface area contributed by atoms with Gasteiger partial charge in [0, 0.05) is 25.0 Å². The van der Waals surface area contributed by atoms with Crippen molar-refractivity contribution in [2.45, 2.75) is 32.4 Å². The fourth-order valence-electron chi connectivity index (χ4n) is 2.87. The maximum atomic E-state index is 13.1. The zero-order valence-electron chi connectivity index (χ0n) is 13.4. The Hall–Kier alpha value is -2.69. The van der Waals surface area contributed by atoms with Crippen molar-refractivity contribution in [3.63, 3.8) is 0 Å². The number of halogens is 1. The summed E-state index contributed by atoms with van der Waals surface area (Å²) < 4.78 is 14.9. The van der Waals surface area contributed by atoms with Crippen molar-refractivity contribution in [3.8, 4) is 0 Å². The highest BCUT2D eigenvalue weighted by atomic mass is 19.1. The molecule has 1 saturated carbocycles. The number of aryl methyl sites for hydroxylation is 1. The molecule has 0 saturated heterocycles. The van der Waals surface area contributed by atoms with Crippen LogP contribution >= 0.6 is 0 Å². The second-order valence-corrected chi connectivity index (χ2v) is 6.39. The third kappa shape index (κ3) is 2.89. The Balaban J connectivity index is 1.62. The van der Waals surface area contributed by atoms with Crippen molar-refractivity contribution in [1.82, 2.24) is 14.3 Å². The normalized spacial score (nSPS) is 14.1. The molecule has 0 aliphatic heterocycles. The molecular formula is C19H18FN3O. The number of aromatic nitrogens is 2. The fourth-order valence-corrected chi connectivity index (χ4v) is 2.87. The van der Waals surface area contributed by atoms with Crippen LogP contribution < -0.4 is 0 Å². The molecule has 5 heteroatoms. The minimum Gasteiger partial charge on any atom is -0.330 e. The number of carbonyl (C=O) groups excluding carboxylic acids is 1. The van der Waals surface area contributed by atoms with Gasteiger partial charge in [-0.25, -0.2) is 9.37 Å². The van der Waals surface area contributed by atoms with Crippen LogP contribution in [0.2, 0.25) is 0 Å². The average molecular weight is 323 g/mol. The quantitative estimate of drug-likeness (QED) is 0.736. The molecule has 0 radical (unpaired) electrons. The highest BCUT2D eigenvalue weighted by Crippen LogP contribution is 2.30. The molecule has 0 spiro atoms. The Bertz CT molecular complexity index is 897. The van der Waals surface area contributed by atoms with E-state index in [1.54, 1.807) is 18.3 Å². The molecule has 1 aromatic carbocycles. The van der Waals surface area contributed by atoms with Crippen LogP contribution in [-0.4, -0.2) is 26.2 Å². The molecule has 2 heterocycles. The minimum absolute atomic E-state index is 0.0665. The highest BCUT2D eigenvalue weighted by molar-refractivity contribution is 5.93. The van der Waals surface area contributed by atoms with Gasteiger partial charge in [0.05, 0.1) is 0 Å². The molecule has 0 unspecified atom stereocenters. The predicted molar refractivity (Wildman–Crippen MR) is 89.2 cm³/mol. The lowest BCUT2D eigenvalue weighted by Crippen LogP contribution is -2.32. The Morgan fingerprint density at radius 3 is 2.75 bits per heavy atom. The van der Waals surface area contributed by atoms with Gasteiger partial charge in [-0.05, 0) is 55.2 Å². The third-order valence-corrected chi connectivity index (χ3v) is 4.35. The summed E-state index contributed by atoms with van der Waals surface area (Å²) in [6.45, 7) is 2.48. The van der Waals surface area contributed by atoms with Gasteiger partial charge >= 0.3 is 0 Å². The van der Waals surface area contributed by atoms with Gasteiger partial charge in [0.1, 0.15) is 17.2 Å². The molecule has 2 aromatic heterocycles.